The van der Waals surface area contributed by atoms with E-state index in [9.17, 15) is 0 Å². The van der Waals surface area contributed by atoms with Crippen molar-refractivity contribution in [1.29, 1.82) is 0 Å². The first-order valence-electron chi connectivity index (χ1n) is 7.74. The maximum Gasteiger partial charge on any atom is 0.137 e. The molecular weight excluding hydrogens is 308 g/mol. The fourth-order valence-corrected chi connectivity index (χ4v) is 3.28. The Labute approximate surface area is 139 Å². The number of pyridine rings is 2. The van der Waals surface area contributed by atoms with Gasteiger partial charge in [-0.3, -0.25) is 4.90 Å². The van der Waals surface area contributed by atoms with Crippen LogP contribution < -0.4 is 0 Å². The van der Waals surface area contributed by atoms with E-state index in [0.29, 0.717) is 5.15 Å². The number of hydrogen-bond donors (Lipinski definition) is 1. The van der Waals surface area contributed by atoms with Crippen LogP contribution in [0.2, 0.25) is 5.15 Å². The Hall–Kier alpha value is -2.17. The highest BCUT2D eigenvalue weighted by atomic mass is 35.5. The lowest BCUT2D eigenvalue weighted by Gasteiger charge is -2.26. The Morgan fingerprint density at radius 1 is 1.17 bits per heavy atom. The zero-order chi connectivity index (χ0) is 15.6. The zero-order valence-corrected chi connectivity index (χ0v) is 13.4. The largest absolute Gasteiger partial charge is 0.346 e. The first kappa shape index (κ1) is 14.4. The molecule has 0 atom stereocenters. The van der Waals surface area contributed by atoms with Gasteiger partial charge < -0.3 is 4.98 Å². The normalized spacial score (nSPS) is 15.8. The Morgan fingerprint density at radius 3 is 2.87 bits per heavy atom. The minimum Gasteiger partial charge on any atom is -0.346 e. The number of aromatic amines is 1. The third kappa shape index (κ3) is 2.87. The first-order valence-corrected chi connectivity index (χ1v) is 8.12. The number of fused-ring (bicyclic) bond motifs is 1. The molecule has 0 fully saturated rings. The Kier molecular flexibility index (Phi) is 3.85. The number of rotatable bonds is 3. The van der Waals surface area contributed by atoms with Crippen LogP contribution in [0, 0.1) is 0 Å². The molecule has 3 aromatic heterocycles. The average molecular weight is 325 g/mol. The number of H-pyrrole nitrogens is 1. The maximum absolute atomic E-state index is 6.15. The summed E-state index contributed by atoms with van der Waals surface area (Å²) in [5.74, 6) is 0. The van der Waals surface area contributed by atoms with Crippen LogP contribution in [-0.2, 0) is 6.54 Å². The van der Waals surface area contributed by atoms with E-state index in [1.54, 1.807) is 6.20 Å². The summed E-state index contributed by atoms with van der Waals surface area (Å²) in [5, 5.41) is 1.80. The molecule has 0 unspecified atom stereocenters. The summed E-state index contributed by atoms with van der Waals surface area (Å²) in [6.07, 6.45) is 8.95. The van der Waals surface area contributed by atoms with Gasteiger partial charge in [-0.15, -0.1) is 0 Å². The summed E-state index contributed by atoms with van der Waals surface area (Å²) < 4.78 is 0. The van der Waals surface area contributed by atoms with Gasteiger partial charge in [0.05, 0.1) is 0 Å². The third-order valence-corrected chi connectivity index (χ3v) is 4.66. The van der Waals surface area contributed by atoms with Gasteiger partial charge >= 0.3 is 0 Å². The van der Waals surface area contributed by atoms with Crippen molar-refractivity contribution in [3.8, 4) is 0 Å². The van der Waals surface area contributed by atoms with Crippen molar-refractivity contribution in [1.82, 2.24) is 19.9 Å². The van der Waals surface area contributed by atoms with E-state index >= 15 is 0 Å². The van der Waals surface area contributed by atoms with E-state index in [1.807, 2.05) is 24.4 Å². The third-order valence-electron chi connectivity index (χ3n) is 4.32. The number of nitrogens with zero attached hydrogens (tertiary/aromatic N) is 3. The Bertz CT molecular complexity index is 868. The van der Waals surface area contributed by atoms with Gasteiger partial charge in [0.25, 0.3) is 0 Å². The fourth-order valence-electron chi connectivity index (χ4n) is 3.10. The van der Waals surface area contributed by atoms with Crippen molar-refractivity contribution in [2.24, 2.45) is 0 Å². The van der Waals surface area contributed by atoms with Crippen LogP contribution in [0.3, 0.4) is 0 Å². The molecule has 116 valence electrons. The van der Waals surface area contributed by atoms with E-state index < -0.39 is 0 Å². The summed E-state index contributed by atoms with van der Waals surface area (Å²) in [6.45, 7) is 2.78. The topological polar surface area (TPSA) is 44.8 Å². The van der Waals surface area contributed by atoms with Crippen molar-refractivity contribution in [2.75, 3.05) is 13.1 Å². The summed E-state index contributed by atoms with van der Waals surface area (Å²) in [7, 11) is 0. The molecule has 0 spiro atoms. The molecule has 1 N–H and O–H groups in total. The lowest BCUT2D eigenvalue weighted by atomic mass is 9.99. The molecule has 3 aromatic rings. The molecule has 4 nitrogen and oxygen atoms in total. The zero-order valence-electron chi connectivity index (χ0n) is 12.7. The molecule has 0 radical (unpaired) electrons. The van der Waals surface area contributed by atoms with E-state index in [4.69, 9.17) is 11.6 Å². The van der Waals surface area contributed by atoms with Crippen molar-refractivity contribution in [3.63, 3.8) is 0 Å². The second kappa shape index (κ2) is 6.14. The molecule has 4 heterocycles. The standard InChI is InChI=1S/C18H17ClN4/c19-17-14(3-1-7-20-17)12-23-9-5-13(6-10-23)16-11-22-18-15(16)4-2-8-21-18/h1-5,7-8,11H,6,9-10,12H2,(H,21,22). The van der Waals surface area contributed by atoms with Crippen LogP contribution in [0.5, 0.6) is 0 Å². The molecule has 0 saturated heterocycles. The van der Waals surface area contributed by atoms with Crippen LogP contribution in [0.4, 0.5) is 0 Å². The van der Waals surface area contributed by atoms with Gasteiger partial charge in [-0.25, -0.2) is 9.97 Å². The molecule has 1 aliphatic heterocycles. The Morgan fingerprint density at radius 2 is 2.04 bits per heavy atom. The highest BCUT2D eigenvalue weighted by molar-refractivity contribution is 6.30. The number of aromatic nitrogens is 3. The van der Waals surface area contributed by atoms with Crippen LogP contribution in [0.25, 0.3) is 16.6 Å². The summed E-state index contributed by atoms with van der Waals surface area (Å²) in [4.78, 5) is 14.2. The van der Waals surface area contributed by atoms with Gasteiger partial charge in [-0.2, -0.15) is 0 Å². The smallest absolute Gasteiger partial charge is 0.137 e. The predicted molar refractivity (Wildman–Crippen MR) is 93.2 cm³/mol. The van der Waals surface area contributed by atoms with E-state index in [1.165, 1.54) is 16.5 Å². The van der Waals surface area contributed by atoms with Crippen molar-refractivity contribution >= 4 is 28.2 Å². The first-order chi connectivity index (χ1) is 11.3. The molecule has 5 heteroatoms. The van der Waals surface area contributed by atoms with Crippen LogP contribution in [0.15, 0.2) is 48.9 Å². The maximum atomic E-state index is 6.15. The summed E-state index contributed by atoms with van der Waals surface area (Å²) in [5.41, 5.74) is 4.69. The predicted octanol–water partition coefficient (Wildman–Crippen LogP) is 3.90. The highest BCUT2D eigenvalue weighted by Gasteiger charge is 2.16. The van der Waals surface area contributed by atoms with E-state index in [0.717, 1.165) is 37.3 Å². The second-order valence-corrected chi connectivity index (χ2v) is 6.13. The quantitative estimate of drug-likeness (QED) is 0.743. The van der Waals surface area contributed by atoms with Crippen LogP contribution >= 0.6 is 11.6 Å². The van der Waals surface area contributed by atoms with Crippen molar-refractivity contribution in [3.05, 3.63) is 65.2 Å². The summed E-state index contributed by atoms with van der Waals surface area (Å²) in [6, 6.07) is 8.09. The molecule has 0 aliphatic carbocycles. The van der Waals surface area contributed by atoms with Gasteiger partial charge in [0.1, 0.15) is 10.8 Å². The van der Waals surface area contributed by atoms with Crippen LogP contribution in [-0.4, -0.2) is 32.9 Å². The SMILES string of the molecule is Clc1ncccc1CN1CC=C(c2c[nH]c3ncccc23)CC1. The average Bonchev–Trinajstić information content (AvgIpc) is 3.02. The van der Waals surface area contributed by atoms with E-state index in [-0.39, 0.29) is 0 Å². The van der Waals surface area contributed by atoms with Gasteiger partial charge in [-0.1, -0.05) is 23.7 Å². The number of halogens is 1. The molecule has 0 amide bonds. The number of hydrogen-bond acceptors (Lipinski definition) is 3. The lowest BCUT2D eigenvalue weighted by Crippen LogP contribution is -2.28. The minimum absolute atomic E-state index is 0.602. The molecule has 1 aliphatic rings. The second-order valence-electron chi connectivity index (χ2n) is 5.77. The van der Waals surface area contributed by atoms with Crippen molar-refractivity contribution < 1.29 is 0 Å². The lowest BCUT2D eigenvalue weighted by molar-refractivity contribution is 0.293. The molecule has 4 rings (SSSR count). The summed E-state index contributed by atoms with van der Waals surface area (Å²) >= 11 is 6.15. The molecule has 0 bridgehead atoms. The molecule has 0 saturated carbocycles. The highest BCUT2D eigenvalue weighted by Crippen LogP contribution is 2.29. The van der Waals surface area contributed by atoms with Gasteiger partial charge in [0.15, 0.2) is 0 Å². The Balaban J connectivity index is 1.52. The van der Waals surface area contributed by atoms with Gasteiger partial charge in [0.2, 0.25) is 0 Å². The number of nitrogens with one attached hydrogen (secondary N) is 1. The monoisotopic (exact) mass is 324 g/mol. The van der Waals surface area contributed by atoms with E-state index in [2.05, 4.69) is 38.2 Å². The van der Waals surface area contributed by atoms with Crippen molar-refractivity contribution in [2.45, 2.75) is 13.0 Å². The van der Waals surface area contributed by atoms with Gasteiger partial charge in [-0.05, 0) is 30.2 Å². The van der Waals surface area contributed by atoms with Crippen LogP contribution in [0.1, 0.15) is 17.5 Å². The fraction of sp³-hybridized carbons (Fsp3) is 0.222. The molecular formula is C18H17ClN4. The van der Waals surface area contributed by atoms with Gasteiger partial charge in [0, 0.05) is 54.7 Å². The molecule has 0 aromatic carbocycles. The minimum atomic E-state index is 0.602. The molecule has 23 heavy (non-hydrogen) atoms.